The van der Waals surface area contributed by atoms with Gasteiger partial charge in [-0.15, -0.1) is 0 Å². The van der Waals surface area contributed by atoms with E-state index in [2.05, 4.69) is 51.7 Å². The average molecular weight is 217 g/mol. The van der Waals surface area contributed by atoms with E-state index in [0.29, 0.717) is 5.92 Å². The quantitative estimate of drug-likeness (QED) is 0.711. The van der Waals surface area contributed by atoms with E-state index in [1.165, 1.54) is 23.1 Å². The summed E-state index contributed by atoms with van der Waals surface area (Å²) in [7, 11) is 0. The van der Waals surface area contributed by atoms with Crippen LogP contribution in [-0.4, -0.2) is 4.98 Å². The number of allylic oxidation sites excluding steroid dienone is 1. The number of hydrogen-bond acceptors (Lipinski definition) is 1. The zero-order valence-corrected chi connectivity index (χ0v) is 11.2. The van der Waals surface area contributed by atoms with E-state index >= 15 is 0 Å². The van der Waals surface area contributed by atoms with Crippen molar-refractivity contribution in [3.05, 3.63) is 34.7 Å². The molecule has 0 aromatic carbocycles. The van der Waals surface area contributed by atoms with E-state index in [9.17, 15) is 0 Å². The standard InChI is InChI=1S/C15H23N/c1-6-11(3)8-14-10-16-13(5)9-15(14)12(4)7-2/h8-10,12H,6-7H2,1-5H3/b11-8+. The van der Waals surface area contributed by atoms with Gasteiger partial charge in [-0.1, -0.05) is 32.4 Å². The van der Waals surface area contributed by atoms with E-state index in [1.807, 2.05) is 6.20 Å². The molecule has 1 aromatic heterocycles. The van der Waals surface area contributed by atoms with Crippen molar-refractivity contribution in [1.29, 1.82) is 0 Å². The van der Waals surface area contributed by atoms with Gasteiger partial charge in [0, 0.05) is 11.9 Å². The highest BCUT2D eigenvalue weighted by molar-refractivity contribution is 5.56. The minimum Gasteiger partial charge on any atom is -0.261 e. The fourth-order valence-electron chi connectivity index (χ4n) is 1.73. The molecule has 0 saturated heterocycles. The predicted octanol–water partition coefficient (Wildman–Crippen LogP) is 4.72. The van der Waals surface area contributed by atoms with E-state index in [1.54, 1.807) is 0 Å². The Morgan fingerprint density at radius 1 is 1.44 bits per heavy atom. The summed E-state index contributed by atoms with van der Waals surface area (Å²) in [5.74, 6) is 0.609. The van der Waals surface area contributed by atoms with E-state index in [0.717, 1.165) is 12.1 Å². The van der Waals surface area contributed by atoms with Crippen LogP contribution in [0, 0.1) is 6.92 Å². The van der Waals surface area contributed by atoms with Gasteiger partial charge in [-0.2, -0.15) is 0 Å². The van der Waals surface area contributed by atoms with Gasteiger partial charge in [0.25, 0.3) is 0 Å². The molecule has 1 aromatic rings. The summed E-state index contributed by atoms with van der Waals surface area (Å²) in [6.45, 7) is 11.0. The monoisotopic (exact) mass is 217 g/mol. The van der Waals surface area contributed by atoms with E-state index in [-0.39, 0.29) is 0 Å². The van der Waals surface area contributed by atoms with Crippen LogP contribution in [0.4, 0.5) is 0 Å². The van der Waals surface area contributed by atoms with Crippen LogP contribution in [-0.2, 0) is 0 Å². The number of nitrogens with zero attached hydrogens (tertiary/aromatic N) is 1. The van der Waals surface area contributed by atoms with Gasteiger partial charge in [0.2, 0.25) is 0 Å². The number of pyridine rings is 1. The van der Waals surface area contributed by atoms with E-state index in [4.69, 9.17) is 0 Å². The second kappa shape index (κ2) is 5.83. The van der Waals surface area contributed by atoms with Crippen LogP contribution in [0.2, 0.25) is 0 Å². The Balaban J connectivity index is 3.17. The molecule has 1 nitrogen and oxygen atoms in total. The third kappa shape index (κ3) is 3.19. The van der Waals surface area contributed by atoms with Gasteiger partial charge in [0.05, 0.1) is 0 Å². The van der Waals surface area contributed by atoms with Crippen LogP contribution in [0.15, 0.2) is 17.8 Å². The molecule has 1 heteroatoms. The maximum absolute atomic E-state index is 4.40. The maximum atomic E-state index is 4.40. The number of aromatic nitrogens is 1. The molecular weight excluding hydrogens is 194 g/mol. The number of hydrogen-bond donors (Lipinski definition) is 0. The molecule has 1 atom stereocenters. The number of rotatable bonds is 4. The minimum atomic E-state index is 0.609. The second-order valence-corrected chi connectivity index (χ2v) is 4.61. The van der Waals surface area contributed by atoms with Crippen LogP contribution < -0.4 is 0 Å². The Bertz CT molecular complexity index is 377. The first-order valence-electron chi connectivity index (χ1n) is 6.22. The maximum Gasteiger partial charge on any atom is 0.0375 e. The third-order valence-electron chi connectivity index (χ3n) is 3.21. The van der Waals surface area contributed by atoms with Gasteiger partial charge in [0.1, 0.15) is 0 Å². The summed E-state index contributed by atoms with van der Waals surface area (Å²) in [4.78, 5) is 4.40. The topological polar surface area (TPSA) is 12.9 Å². The van der Waals surface area contributed by atoms with Crippen molar-refractivity contribution in [3.63, 3.8) is 0 Å². The molecule has 0 aliphatic carbocycles. The van der Waals surface area contributed by atoms with Crippen molar-refractivity contribution in [1.82, 2.24) is 4.98 Å². The first kappa shape index (κ1) is 13.0. The van der Waals surface area contributed by atoms with Gasteiger partial charge < -0.3 is 0 Å². The normalized spacial score (nSPS) is 13.9. The molecule has 0 N–H and O–H groups in total. The Morgan fingerprint density at radius 3 is 2.69 bits per heavy atom. The van der Waals surface area contributed by atoms with Crippen molar-refractivity contribution in [2.45, 2.75) is 53.4 Å². The van der Waals surface area contributed by atoms with Crippen molar-refractivity contribution < 1.29 is 0 Å². The van der Waals surface area contributed by atoms with Crippen LogP contribution in [0.3, 0.4) is 0 Å². The van der Waals surface area contributed by atoms with Crippen molar-refractivity contribution >= 4 is 6.08 Å². The molecule has 0 radical (unpaired) electrons. The summed E-state index contributed by atoms with van der Waals surface area (Å²) in [5, 5.41) is 0. The summed E-state index contributed by atoms with van der Waals surface area (Å²) in [6, 6.07) is 2.23. The SMILES string of the molecule is CC/C(C)=C/c1cnc(C)cc1C(C)CC. The lowest BCUT2D eigenvalue weighted by Gasteiger charge is -2.13. The molecule has 1 unspecified atom stereocenters. The molecule has 0 amide bonds. The summed E-state index contributed by atoms with van der Waals surface area (Å²) < 4.78 is 0. The molecular formula is C15H23N. The molecule has 0 spiro atoms. The molecule has 0 saturated carbocycles. The average Bonchev–Trinajstić information content (AvgIpc) is 2.30. The van der Waals surface area contributed by atoms with Crippen LogP contribution in [0.5, 0.6) is 0 Å². The zero-order chi connectivity index (χ0) is 12.1. The summed E-state index contributed by atoms with van der Waals surface area (Å²) in [6.07, 6.45) is 6.56. The predicted molar refractivity (Wildman–Crippen MR) is 71.6 cm³/mol. The summed E-state index contributed by atoms with van der Waals surface area (Å²) in [5.41, 5.74) is 5.25. The van der Waals surface area contributed by atoms with Gasteiger partial charge in [-0.3, -0.25) is 4.98 Å². The summed E-state index contributed by atoms with van der Waals surface area (Å²) >= 11 is 0. The molecule has 0 aliphatic heterocycles. The zero-order valence-electron chi connectivity index (χ0n) is 11.2. The Labute approximate surface area is 99.6 Å². The van der Waals surface area contributed by atoms with Crippen LogP contribution >= 0.6 is 0 Å². The lowest BCUT2D eigenvalue weighted by atomic mass is 9.93. The van der Waals surface area contributed by atoms with Crippen LogP contribution in [0.1, 0.15) is 63.3 Å². The molecule has 0 bridgehead atoms. The Morgan fingerprint density at radius 2 is 2.12 bits per heavy atom. The Kier molecular flexibility index (Phi) is 4.72. The molecule has 1 heterocycles. The molecule has 1 rings (SSSR count). The fourth-order valence-corrected chi connectivity index (χ4v) is 1.73. The highest BCUT2D eigenvalue weighted by Gasteiger charge is 2.08. The molecule has 0 fully saturated rings. The fraction of sp³-hybridized carbons (Fsp3) is 0.533. The molecule has 16 heavy (non-hydrogen) atoms. The van der Waals surface area contributed by atoms with Gasteiger partial charge >= 0.3 is 0 Å². The smallest absolute Gasteiger partial charge is 0.0375 e. The lowest BCUT2D eigenvalue weighted by molar-refractivity contribution is 0.729. The van der Waals surface area contributed by atoms with Crippen LogP contribution in [0.25, 0.3) is 6.08 Å². The molecule has 88 valence electrons. The first-order valence-corrected chi connectivity index (χ1v) is 6.22. The first-order chi connectivity index (χ1) is 7.58. The van der Waals surface area contributed by atoms with Crippen molar-refractivity contribution in [3.8, 4) is 0 Å². The largest absolute Gasteiger partial charge is 0.261 e. The van der Waals surface area contributed by atoms with Crippen molar-refractivity contribution in [2.24, 2.45) is 0 Å². The highest BCUT2D eigenvalue weighted by atomic mass is 14.7. The minimum absolute atomic E-state index is 0.609. The van der Waals surface area contributed by atoms with E-state index < -0.39 is 0 Å². The third-order valence-corrected chi connectivity index (χ3v) is 3.21. The highest BCUT2D eigenvalue weighted by Crippen LogP contribution is 2.25. The van der Waals surface area contributed by atoms with Gasteiger partial charge in [-0.25, -0.2) is 0 Å². The van der Waals surface area contributed by atoms with Crippen molar-refractivity contribution in [2.75, 3.05) is 0 Å². The molecule has 0 aliphatic rings. The number of aryl methyl sites for hydroxylation is 1. The second-order valence-electron chi connectivity index (χ2n) is 4.61. The lowest BCUT2D eigenvalue weighted by Crippen LogP contribution is -1.98. The van der Waals surface area contributed by atoms with Gasteiger partial charge in [0.15, 0.2) is 0 Å². The Hall–Kier alpha value is -1.11. The van der Waals surface area contributed by atoms with Gasteiger partial charge in [-0.05, 0) is 49.8 Å².